The monoisotopic (exact) mass is 471 g/mol. The first-order valence-electron chi connectivity index (χ1n) is 11.5. The van der Waals surface area contributed by atoms with E-state index in [0.717, 1.165) is 48.4 Å². The number of aromatic hydroxyl groups is 1. The molecule has 2 aliphatic rings. The van der Waals surface area contributed by atoms with Crippen LogP contribution in [0.25, 0.3) is 16.8 Å². The second-order valence-electron chi connectivity index (χ2n) is 8.55. The number of phenolic OH excluding ortho intramolecular Hbond substituents is 1. The summed E-state index contributed by atoms with van der Waals surface area (Å²) in [5.74, 6) is -1.97. The summed E-state index contributed by atoms with van der Waals surface area (Å²) in [5, 5.41) is 12.6. The van der Waals surface area contributed by atoms with E-state index in [2.05, 4.69) is 29.6 Å². The molecule has 0 atom stereocenters. The predicted octanol–water partition coefficient (Wildman–Crippen LogP) is 5.91. The van der Waals surface area contributed by atoms with Crippen LogP contribution in [-0.2, 0) is 17.6 Å². The molecular weight excluding hydrogens is 448 g/mol. The molecule has 1 aromatic heterocycles. The van der Waals surface area contributed by atoms with E-state index in [1.54, 1.807) is 24.3 Å². The van der Waals surface area contributed by atoms with Gasteiger partial charge in [0.1, 0.15) is 11.4 Å². The third kappa shape index (κ3) is 4.89. The zero-order valence-corrected chi connectivity index (χ0v) is 18.9. The van der Waals surface area contributed by atoms with Crippen LogP contribution in [0.4, 0.5) is 14.6 Å². The Kier molecular flexibility index (Phi) is 6.23. The second-order valence-corrected chi connectivity index (χ2v) is 8.55. The summed E-state index contributed by atoms with van der Waals surface area (Å²) in [6.45, 7) is 0. The normalized spacial score (nSPS) is 15.6. The first-order valence-corrected chi connectivity index (χ1v) is 11.5. The minimum Gasteiger partial charge on any atom is -0.508 e. The lowest BCUT2D eigenvalue weighted by Crippen LogP contribution is -2.19. The van der Waals surface area contributed by atoms with Crippen molar-refractivity contribution < 1.29 is 18.7 Å². The van der Waals surface area contributed by atoms with Crippen LogP contribution in [0.2, 0.25) is 0 Å². The molecule has 1 amide bonds. The first kappa shape index (κ1) is 22.7. The summed E-state index contributed by atoms with van der Waals surface area (Å²) in [5.41, 5.74) is 5.48. The van der Waals surface area contributed by atoms with Crippen molar-refractivity contribution in [2.75, 3.05) is 5.32 Å². The molecule has 0 bridgehead atoms. The SMILES string of the molecule is O=C(Cc1ccc(F)c(F)c1)Nc1nc2c(nc1-c1ccc(O)cc1)C1=C(C=CC/C=C\C1)CC2. The number of rotatable bonds is 4. The number of amides is 1. The van der Waals surface area contributed by atoms with Crippen LogP contribution in [-0.4, -0.2) is 21.0 Å². The van der Waals surface area contributed by atoms with Gasteiger partial charge >= 0.3 is 0 Å². The molecule has 176 valence electrons. The zero-order chi connectivity index (χ0) is 24.4. The summed E-state index contributed by atoms with van der Waals surface area (Å²) in [4.78, 5) is 22.6. The van der Waals surface area contributed by atoms with E-state index in [4.69, 9.17) is 9.97 Å². The maximum Gasteiger partial charge on any atom is 0.230 e. The number of carbonyl (C=O) groups excluding carboxylic acids is 1. The molecule has 35 heavy (non-hydrogen) atoms. The average molecular weight is 472 g/mol. The summed E-state index contributed by atoms with van der Waals surface area (Å²) < 4.78 is 26.8. The summed E-state index contributed by atoms with van der Waals surface area (Å²) >= 11 is 0. The topological polar surface area (TPSA) is 75.1 Å². The fraction of sp³-hybridized carbons (Fsp3) is 0.179. The molecule has 0 spiro atoms. The minimum absolute atomic E-state index is 0.115. The van der Waals surface area contributed by atoms with E-state index in [9.17, 15) is 18.7 Å². The van der Waals surface area contributed by atoms with Gasteiger partial charge in [-0.05, 0) is 78.8 Å². The Labute approximate surface area is 201 Å². The molecule has 2 N–H and O–H groups in total. The van der Waals surface area contributed by atoms with Crippen LogP contribution >= 0.6 is 0 Å². The molecule has 0 saturated heterocycles. The van der Waals surface area contributed by atoms with Gasteiger partial charge in [-0.1, -0.05) is 30.4 Å². The highest BCUT2D eigenvalue weighted by Crippen LogP contribution is 2.37. The number of fused-ring (bicyclic) bond motifs is 2. The summed E-state index contributed by atoms with van der Waals surface area (Å²) in [6, 6.07) is 9.92. The Bertz CT molecular complexity index is 1390. The van der Waals surface area contributed by atoms with Crippen LogP contribution < -0.4 is 5.32 Å². The fourth-order valence-electron chi connectivity index (χ4n) is 4.36. The Morgan fingerprint density at radius 2 is 1.77 bits per heavy atom. The number of benzene rings is 2. The second kappa shape index (κ2) is 9.62. The molecule has 0 radical (unpaired) electrons. The van der Waals surface area contributed by atoms with Crippen molar-refractivity contribution in [3.8, 4) is 17.0 Å². The minimum atomic E-state index is -1.000. The number of carbonyl (C=O) groups is 1. The lowest BCUT2D eigenvalue weighted by Gasteiger charge is -2.23. The van der Waals surface area contributed by atoms with Crippen LogP contribution in [0.15, 0.2) is 72.3 Å². The number of allylic oxidation sites excluding steroid dienone is 6. The van der Waals surface area contributed by atoms with Gasteiger partial charge in [0.15, 0.2) is 17.5 Å². The highest BCUT2D eigenvalue weighted by Gasteiger charge is 2.24. The van der Waals surface area contributed by atoms with Crippen molar-refractivity contribution in [3.63, 3.8) is 0 Å². The van der Waals surface area contributed by atoms with Crippen molar-refractivity contribution in [1.82, 2.24) is 9.97 Å². The van der Waals surface area contributed by atoms with E-state index in [-0.39, 0.29) is 12.2 Å². The third-order valence-corrected chi connectivity index (χ3v) is 6.10. The van der Waals surface area contributed by atoms with Gasteiger partial charge in [-0.2, -0.15) is 0 Å². The van der Waals surface area contributed by atoms with E-state index >= 15 is 0 Å². The first-order chi connectivity index (χ1) is 17.0. The maximum absolute atomic E-state index is 13.6. The van der Waals surface area contributed by atoms with Crippen molar-refractivity contribution in [2.24, 2.45) is 0 Å². The molecule has 5 nitrogen and oxygen atoms in total. The smallest absolute Gasteiger partial charge is 0.230 e. The standard InChI is InChI=1S/C28H23F2N3O2/c29-22-13-7-17(15-23(22)30)16-25(35)32-28-26(19-8-11-20(34)12-9-19)33-27-21-6-4-2-1-3-5-18(21)10-14-24(27)31-28/h2-5,7-9,11-13,15,34H,1,6,10,14,16H2,(H,31,32,35)/b4-2-,5-3?. The third-order valence-electron chi connectivity index (χ3n) is 6.10. The van der Waals surface area contributed by atoms with Crippen LogP contribution in [0.5, 0.6) is 5.75 Å². The number of halogens is 2. The van der Waals surface area contributed by atoms with Gasteiger partial charge in [0, 0.05) is 5.56 Å². The lowest BCUT2D eigenvalue weighted by atomic mass is 9.88. The summed E-state index contributed by atoms with van der Waals surface area (Å²) in [7, 11) is 0. The van der Waals surface area contributed by atoms with Gasteiger partial charge < -0.3 is 10.4 Å². The van der Waals surface area contributed by atoms with Crippen molar-refractivity contribution in [2.45, 2.75) is 32.1 Å². The number of hydrogen-bond acceptors (Lipinski definition) is 4. The Morgan fingerprint density at radius 1 is 0.943 bits per heavy atom. The predicted molar refractivity (Wildman–Crippen MR) is 131 cm³/mol. The molecule has 2 aromatic carbocycles. The largest absolute Gasteiger partial charge is 0.508 e. The van der Waals surface area contributed by atoms with E-state index < -0.39 is 17.5 Å². The van der Waals surface area contributed by atoms with E-state index in [0.29, 0.717) is 29.1 Å². The molecule has 3 aromatic rings. The fourth-order valence-corrected chi connectivity index (χ4v) is 4.36. The molecule has 5 rings (SSSR count). The number of hydrogen-bond donors (Lipinski definition) is 2. The van der Waals surface area contributed by atoms with Crippen molar-refractivity contribution in [3.05, 3.63) is 101 Å². The lowest BCUT2D eigenvalue weighted by molar-refractivity contribution is -0.115. The molecule has 1 heterocycles. The maximum atomic E-state index is 13.6. The van der Waals surface area contributed by atoms with Gasteiger partial charge in [-0.25, -0.2) is 18.7 Å². The quantitative estimate of drug-likeness (QED) is 0.464. The molecule has 0 unspecified atom stereocenters. The van der Waals surface area contributed by atoms with Gasteiger partial charge in [0.2, 0.25) is 5.91 Å². The molecule has 2 aliphatic carbocycles. The average Bonchev–Trinajstić information content (AvgIpc) is 2.82. The van der Waals surface area contributed by atoms with Crippen LogP contribution in [0, 0.1) is 11.6 Å². The molecule has 7 heteroatoms. The Balaban J connectivity index is 1.54. The van der Waals surface area contributed by atoms with Gasteiger partial charge in [0.05, 0.1) is 17.8 Å². The summed E-state index contributed by atoms with van der Waals surface area (Å²) in [6.07, 6.45) is 11.6. The highest BCUT2D eigenvalue weighted by molar-refractivity contribution is 5.95. The van der Waals surface area contributed by atoms with Crippen LogP contribution in [0.3, 0.4) is 0 Å². The van der Waals surface area contributed by atoms with Crippen molar-refractivity contribution in [1.29, 1.82) is 0 Å². The number of nitrogens with one attached hydrogen (secondary N) is 1. The highest BCUT2D eigenvalue weighted by atomic mass is 19.2. The van der Waals surface area contributed by atoms with E-state index in [1.165, 1.54) is 11.6 Å². The van der Waals surface area contributed by atoms with Crippen LogP contribution in [0.1, 0.15) is 36.2 Å². The molecule has 0 fully saturated rings. The van der Waals surface area contributed by atoms with Gasteiger partial charge in [-0.3, -0.25) is 4.79 Å². The number of nitrogens with zero attached hydrogens (tertiary/aromatic N) is 2. The zero-order valence-electron chi connectivity index (χ0n) is 18.9. The number of aromatic nitrogens is 2. The Morgan fingerprint density at radius 3 is 2.57 bits per heavy atom. The number of aryl methyl sites for hydroxylation is 1. The molecule has 0 saturated carbocycles. The molecule has 0 aliphatic heterocycles. The van der Waals surface area contributed by atoms with E-state index in [1.807, 2.05) is 0 Å². The Hall–Kier alpha value is -4.13. The van der Waals surface area contributed by atoms with Gasteiger partial charge in [-0.15, -0.1) is 0 Å². The van der Waals surface area contributed by atoms with Gasteiger partial charge in [0.25, 0.3) is 0 Å². The number of anilines is 1. The number of phenols is 1. The molecular formula is C28H23F2N3O2. The van der Waals surface area contributed by atoms with Crippen molar-refractivity contribution >= 4 is 17.3 Å².